The second-order valence-electron chi connectivity index (χ2n) is 6.53. The Morgan fingerprint density at radius 3 is 2.46 bits per heavy atom. The van der Waals surface area contributed by atoms with Crippen LogP contribution in [0.25, 0.3) is 0 Å². The Morgan fingerprint density at radius 2 is 1.81 bits per heavy atom. The number of hydrogen-bond acceptors (Lipinski definition) is 4. The van der Waals surface area contributed by atoms with Gasteiger partial charge in [-0.3, -0.25) is 9.59 Å². The Kier molecular flexibility index (Phi) is 5.69. The van der Waals surface area contributed by atoms with Gasteiger partial charge in [0.2, 0.25) is 11.8 Å². The van der Waals surface area contributed by atoms with E-state index in [1.54, 1.807) is 36.6 Å². The minimum atomic E-state index is -0.102. The molecular weight excluding hydrogens is 330 g/mol. The number of nitrogens with one attached hydrogen (secondary N) is 2. The lowest BCUT2D eigenvalue weighted by molar-refractivity contribution is -0.128. The van der Waals surface area contributed by atoms with Gasteiger partial charge in [0, 0.05) is 17.5 Å². The van der Waals surface area contributed by atoms with Crippen LogP contribution in [-0.4, -0.2) is 11.8 Å². The summed E-state index contributed by atoms with van der Waals surface area (Å²) in [6.45, 7) is 0.390. The molecule has 0 spiro atoms. The maximum absolute atomic E-state index is 12.4. The van der Waals surface area contributed by atoms with Gasteiger partial charge < -0.3 is 15.1 Å². The molecule has 6 heteroatoms. The van der Waals surface area contributed by atoms with Crippen molar-refractivity contribution in [3.05, 3.63) is 54.0 Å². The van der Waals surface area contributed by atoms with Crippen LogP contribution in [0.15, 0.2) is 47.1 Å². The van der Waals surface area contributed by atoms with E-state index in [1.807, 2.05) is 6.07 Å². The molecule has 2 N–H and O–H groups in total. The van der Waals surface area contributed by atoms with E-state index in [0.717, 1.165) is 5.76 Å². The van der Waals surface area contributed by atoms with Crippen LogP contribution >= 0.6 is 0 Å². The van der Waals surface area contributed by atoms with E-state index >= 15 is 0 Å². The third kappa shape index (κ3) is 4.51. The minimum Gasteiger partial charge on any atom is -0.467 e. The van der Waals surface area contributed by atoms with Crippen LogP contribution in [-0.2, 0) is 16.1 Å². The zero-order valence-electron chi connectivity index (χ0n) is 14.4. The zero-order chi connectivity index (χ0) is 18.4. The largest absolute Gasteiger partial charge is 0.467 e. The lowest BCUT2D eigenvalue weighted by Crippen LogP contribution is -2.35. The molecule has 0 aliphatic heterocycles. The van der Waals surface area contributed by atoms with Crippen LogP contribution in [0.5, 0.6) is 0 Å². The summed E-state index contributed by atoms with van der Waals surface area (Å²) in [6, 6.07) is 12.5. The second kappa shape index (κ2) is 8.34. The van der Waals surface area contributed by atoms with Gasteiger partial charge >= 0.3 is 0 Å². The van der Waals surface area contributed by atoms with Gasteiger partial charge in [0.05, 0.1) is 24.4 Å². The molecule has 1 aromatic carbocycles. The number of nitriles is 1. The monoisotopic (exact) mass is 351 g/mol. The Balaban J connectivity index is 1.46. The number of amides is 2. The van der Waals surface area contributed by atoms with E-state index < -0.39 is 0 Å². The fourth-order valence-electron chi connectivity index (χ4n) is 3.26. The molecule has 2 amide bonds. The minimum absolute atomic E-state index is 0.0157. The maximum Gasteiger partial charge on any atom is 0.227 e. The van der Waals surface area contributed by atoms with Gasteiger partial charge in [0.25, 0.3) is 0 Å². The first kappa shape index (κ1) is 17.7. The molecule has 1 aliphatic carbocycles. The number of carbonyl (C=O) groups excluding carboxylic acids is 2. The summed E-state index contributed by atoms with van der Waals surface area (Å²) in [5.74, 6) is 0.535. The number of carbonyl (C=O) groups is 2. The summed E-state index contributed by atoms with van der Waals surface area (Å²) in [4.78, 5) is 24.7. The van der Waals surface area contributed by atoms with E-state index in [4.69, 9.17) is 9.68 Å². The molecule has 1 aromatic heterocycles. The van der Waals surface area contributed by atoms with Crippen molar-refractivity contribution in [2.45, 2.75) is 32.2 Å². The summed E-state index contributed by atoms with van der Waals surface area (Å²) in [5.41, 5.74) is 1.15. The van der Waals surface area contributed by atoms with Gasteiger partial charge in [-0.15, -0.1) is 0 Å². The molecule has 3 rings (SSSR count). The average molecular weight is 351 g/mol. The van der Waals surface area contributed by atoms with Gasteiger partial charge in [0.15, 0.2) is 0 Å². The second-order valence-corrected chi connectivity index (χ2v) is 6.53. The van der Waals surface area contributed by atoms with Crippen molar-refractivity contribution in [1.29, 1.82) is 5.26 Å². The number of anilines is 1. The Bertz CT molecular complexity index is 800. The van der Waals surface area contributed by atoms with Crippen LogP contribution in [0.1, 0.15) is 37.0 Å². The average Bonchev–Trinajstić information content (AvgIpc) is 3.20. The summed E-state index contributed by atoms with van der Waals surface area (Å²) in [5, 5.41) is 14.7. The first-order chi connectivity index (χ1) is 12.7. The van der Waals surface area contributed by atoms with Gasteiger partial charge in [0.1, 0.15) is 5.76 Å². The highest BCUT2D eigenvalue weighted by Crippen LogP contribution is 2.30. The van der Waals surface area contributed by atoms with Crippen molar-refractivity contribution in [2.24, 2.45) is 11.8 Å². The van der Waals surface area contributed by atoms with Gasteiger partial charge in [-0.1, -0.05) is 6.07 Å². The molecule has 1 heterocycles. The molecule has 134 valence electrons. The van der Waals surface area contributed by atoms with Crippen molar-refractivity contribution in [2.75, 3.05) is 5.32 Å². The van der Waals surface area contributed by atoms with Gasteiger partial charge in [-0.2, -0.15) is 5.26 Å². The number of furan rings is 1. The molecule has 0 unspecified atom stereocenters. The molecule has 1 fully saturated rings. The van der Waals surface area contributed by atoms with E-state index in [1.165, 1.54) is 0 Å². The summed E-state index contributed by atoms with van der Waals surface area (Å²) in [6.07, 6.45) is 4.34. The van der Waals surface area contributed by atoms with Crippen LogP contribution < -0.4 is 10.6 Å². The third-order valence-electron chi connectivity index (χ3n) is 4.74. The Hall–Kier alpha value is -3.07. The summed E-state index contributed by atoms with van der Waals surface area (Å²) < 4.78 is 5.21. The van der Waals surface area contributed by atoms with Crippen LogP contribution in [0.3, 0.4) is 0 Å². The molecule has 26 heavy (non-hydrogen) atoms. The molecule has 0 bridgehead atoms. The Morgan fingerprint density at radius 1 is 1.08 bits per heavy atom. The molecule has 1 saturated carbocycles. The number of benzene rings is 1. The molecule has 2 aromatic rings. The molecule has 1 aliphatic rings. The van der Waals surface area contributed by atoms with Crippen LogP contribution in [0.2, 0.25) is 0 Å². The Labute approximate surface area is 152 Å². The predicted molar refractivity (Wildman–Crippen MR) is 95.8 cm³/mol. The smallest absolute Gasteiger partial charge is 0.227 e. The number of hydrogen-bond donors (Lipinski definition) is 2. The first-order valence-electron chi connectivity index (χ1n) is 8.77. The lowest BCUT2D eigenvalue weighted by Gasteiger charge is -2.27. The normalized spacial score (nSPS) is 19.3. The molecule has 6 nitrogen and oxygen atoms in total. The number of rotatable bonds is 5. The van der Waals surface area contributed by atoms with Crippen molar-refractivity contribution < 1.29 is 14.0 Å². The molecular formula is C20H21N3O3. The summed E-state index contributed by atoms with van der Waals surface area (Å²) in [7, 11) is 0. The SMILES string of the molecule is N#Cc1cccc(NC(=O)C2CCC(C(=O)NCc3ccco3)CC2)c1. The molecule has 0 saturated heterocycles. The van der Waals surface area contributed by atoms with Crippen molar-refractivity contribution in [1.82, 2.24) is 5.32 Å². The third-order valence-corrected chi connectivity index (χ3v) is 4.74. The van der Waals surface area contributed by atoms with E-state index in [2.05, 4.69) is 16.7 Å². The van der Waals surface area contributed by atoms with Crippen LogP contribution in [0, 0.1) is 23.2 Å². The molecule has 0 atom stereocenters. The highest BCUT2D eigenvalue weighted by Gasteiger charge is 2.30. The maximum atomic E-state index is 12.4. The summed E-state index contributed by atoms with van der Waals surface area (Å²) >= 11 is 0. The van der Waals surface area contributed by atoms with Crippen molar-refractivity contribution >= 4 is 17.5 Å². The fraction of sp³-hybridized carbons (Fsp3) is 0.350. The highest BCUT2D eigenvalue weighted by molar-refractivity contribution is 5.93. The van der Waals surface area contributed by atoms with Crippen molar-refractivity contribution in [3.8, 4) is 6.07 Å². The van der Waals surface area contributed by atoms with E-state index in [-0.39, 0.29) is 23.7 Å². The number of nitrogens with zero attached hydrogens (tertiary/aromatic N) is 1. The topological polar surface area (TPSA) is 95.1 Å². The van der Waals surface area contributed by atoms with E-state index in [0.29, 0.717) is 43.5 Å². The standard InChI is InChI=1S/C20H21N3O3/c21-12-14-3-1-4-17(11-14)23-20(25)16-8-6-15(7-9-16)19(24)22-13-18-5-2-10-26-18/h1-5,10-11,15-16H,6-9,13H2,(H,22,24)(H,23,25). The van der Waals surface area contributed by atoms with Crippen LogP contribution in [0.4, 0.5) is 5.69 Å². The van der Waals surface area contributed by atoms with E-state index in [9.17, 15) is 9.59 Å². The fourth-order valence-corrected chi connectivity index (χ4v) is 3.26. The quantitative estimate of drug-likeness (QED) is 0.864. The predicted octanol–water partition coefficient (Wildman–Crippen LogP) is 3.21. The molecule has 0 radical (unpaired) electrons. The van der Waals surface area contributed by atoms with Crippen molar-refractivity contribution in [3.63, 3.8) is 0 Å². The zero-order valence-corrected chi connectivity index (χ0v) is 14.4. The highest BCUT2D eigenvalue weighted by atomic mass is 16.3. The lowest BCUT2D eigenvalue weighted by atomic mass is 9.81. The van der Waals surface area contributed by atoms with Gasteiger partial charge in [-0.05, 0) is 56.0 Å². The first-order valence-corrected chi connectivity index (χ1v) is 8.77. The van der Waals surface area contributed by atoms with Gasteiger partial charge in [-0.25, -0.2) is 0 Å².